The van der Waals surface area contributed by atoms with Gasteiger partial charge in [-0.2, -0.15) is 0 Å². The summed E-state index contributed by atoms with van der Waals surface area (Å²) in [6.07, 6.45) is 2.10. The van der Waals surface area contributed by atoms with Crippen LogP contribution >= 0.6 is 0 Å². The van der Waals surface area contributed by atoms with Gasteiger partial charge in [-0.15, -0.1) is 0 Å². The largest absolute Gasteiger partial charge is 0.490 e. The quantitative estimate of drug-likeness (QED) is 0.833. The molecule has 1 atom stereocenters. The van der Waals surface area contributed by atoms with Crippen molar-refractivity contribution in [1.82, 2.24) is 0 Å². The van der Waals surface area contributed by atoms with Crippen molar-refractivity contribution in [1.29, 1.82) is 0 Å². The molecule has 1 aliphatic rings. The maximum Gasteiger partial charge on any atom is 0.259 e. The summed E-state index contributed by atoms with van der Waals surface area (Å²) in [5.74, 6) is 0.0905. The normalized spacial score (nSPS) is 16.1. The molecule has 6 nitrogen and oxygen atoms in total. The topological polar surface area (TPSA) is 76.7 Å². The van der Waals surface area contributed by atoms with Gasteiger partial charge in [-0.05, 0) is 43.2 Å². The highest BCUT2D eigenvalue weighted by Gasteiger charge is 2.18. The molecule has 2 amide bonds. The van der Waals surface area contributed by atoms with E-state index in [4.69, 9.17) is 9.47 Å². The number of para-hydroxylation sites is 1. The Labute approximate surface area is 152 Å². The molecule has 26 heavy (non-hydrogen) atoms. The predicted octanol–water partition coefficient (Wildman–Crippen LogP) is 3.46. The van der Waals surface area contributed by atoms with Crippen molar-refractivity contribution < 1.29 is 19.1 Å². The summed E-state index contributed by atoms with van der Waals surface area (Å²) >= 11 is 0. The highest BCUT2D eigenvalue weighted by Crippen LogP contribution is 2.22. The Morgan fingerprint density at radius 3 is 2.62 bits per heavy atom. The molecule has 1 heterocycles. The van der Waals surface area contributed by atoms with Crippen LogP contribution in [0.25, 0.3) is 0 Å². The number of amides is 2. The van der Waals surface area contributed by atoms with E-state index in [1.165, 1.54) is 6.92 Å². The fourth-order valence-corrected chi connectivity index (χ4v) is 2.81. The number of benzene rings is 2. The number of nitrogens with one attached hydrogen (secondary N) is 2. The third kappa shape index (κ3) is 4.83. The van der Waals surface area contributed by atoms with E-state index in [9.17, 15) is 9.59 Å². The minimum atomic E-state index is -0.270. The lowest BCUT2D eigenvalue weighted by molar-refractivity contribution is -0.114. The van der Waals surface area contributed by atoms with Gasteiger partial charge in [0.1, 0.15) is 12.4 Å². The van der Waals surface area contributed by atoms with Gasteiger partial charge in [0.25, 0.3) is 5.91 Å². The van der Waals surface area contributed by atoms with E-state index >= 15 is 0 Å². The number of carbonyl (C=O) groups excluding carboxylic acids is 2. The van der Waals surface area contributed by atoms with Crippen LogP contribution in [0, 0.1) is 0 Å². The number of hydrogen-bond donors (Lipinski definition) is 2. The molecule has 136 valence electrons. The van der Waals surface area contributed by atoms with Crippen molar-refractivity contribution in [2.75, 3.05) is 23.8 Å². The molecule has 2 aromatic carbocycles. The summed E-state index contributed by atoms with van der Waals surface area (Å²) in [5, 5.41) is 5.53. The van der Waals surface area contributed by atoms with Gasteiger partial charge < -0.3 is 20.1 Å². The standard InChI is InChI=1S/C20H22N2O4/c1-14(23)21-15-6-4-7-16(12-15)22-20(24)18-9-2-3-10-19(18)26-13-17-8-5-11-25-17/h2-4,6-7,9-10,12,17H,5,8,11,13H2,1H3,(H,21,23)(H,22,24). The number of rotatable bonds is 6. The molecule has 0 saturated carbocycles. The van der Waals surface area contributed by atoms with Crippen LogP contribution in [0.5, 0.6) is 5.75 Å². The Hall–Kier alpha value is -2.86. The van der Waals surface area contributed by atoms with Crippen molar-refractivity contribution in [2.24, 2.45) is 0 Å². The van der Waals surface area contributed by atoms with Crippen molar-refractivity contribution in [3.05, 3.63) is 54.1 Å². The molecule has 6 heteroatoms. The summed E-state index contributed by atoms with van der Waals surface area (Å²) in [4.78, 5) is 23.8. The van der Waals surface area contributed by atoms with Crippen LogP contribution in [0.2, 0.25) is 0 Å². The van der Waals surface area contributed by atoms with Crippen LogP contribution in [0.4, 0.5) is 11.4 Å². The van der Waals surface area contributed by atoms with Crippen molar-refractivity contribution in [2.45, 2.75) is 25.9 Å². The smallest absolute Gasteiger partial charge is 0.259 e. The third-order valence-electron chi connectivity index (χ3n) is 4.02. The van der Waals surface area contributed by atoms with Gasteiger partial charge in [-0.1, -0.05) is 18.2 Å². The van der Waals surface area contributed by atoms with Crippen molar-refractivity contribution >= 4 is 23.2 Å². The summed E-state index contributed by atoms with van der Waals surface area (Å²) in [7, 11) is 0. The molecule has 1 saturated heterocycles. The van der Waals surface area contributed by atoms with E-state index in [-0.39, 0.29) is 17.9 Å². The first-order chi connectivity index (χ1) is 12.6. The molecular weight excluding hydrogens is 332 g/mol. The monoisotopic (exact) mass is 354 g/mol. The molecule has 2 aromatic rings. The van der Waals surface area contributed by atoms with E-state index in [0.29, 0.717) is 29.3 Å². The van der Waals surface area contributed by atoms with Gasteiger partial charge in [-0.25, -0.2) is 0 Å². The Morgan fingerprint density at radius 1 is 1.12 bits per heavy atom. The number of anilines is 2. The second-order valence-corrected chi connectivity index (χ2v) is 6.16. The van der Waals surface area contributed by atoms with E-state index in [1.807, 2.05) is 6.07 Å². The molecule has 3 rings (SSSR count). The zero-order chi connectivity index (χ0) is 18.4. The van der Waals surface area contributed by atoms with Gasteiger partial charge in [0.15, 0.2) is 0 Å². The maximum atomic E-state index is 12.7. The van der Waals surface area contributed by atoms with Crippen LogP contribution < -0.4 is 15.4 Å². The molecule has 0 spiro atoms. The molecule has 1 fully saturated rings. The molecule has 1 unspecified atom stereocenters. The molecular formula is C20H22N2O4. The molecule has 0 bridgehead atoms. The Morgan fingerprint density at radius 2 is 1.88 bits per heavy atom. The second-order valence-electron chi connectivity index (χ2n) is 6.16. The van der Waals surface area contributed by atoms with Gasteiger partial charge in [-0.3, -0.25) is 9.59 Å². The molecule has 1 aliphatic heterocycles. The minimum Gasteiger partial charge on any atom is -0.490 e. The fraction of sp³-hybridized carbons (Fsp3) is 0.300. The zero-order valence-corrected chi connectivity index (χ0v) is 14.7. The predicted molar refractivity (Wildman–Crippen MR) is 99.6 cm³/mol. The molecule has 0 aliphatic carbocycles. The van der Waals surface area contributed by atoms with Crippen molar-refractivity contribution in [3.63, 3.8) is 0 Å². The highest BCUT2D eigenvalue weighted by molar-refractivity contribution is 6.06. The van der Waals surface area contributed by atoms with E-state index in [1.54, 1.807) is 42.5 Å². The van der Waals surface area contributed by atoms with Gasteiger partial charge in [0, 0.05) is 24.9 Å². The minimum absolute atomic E-state index is 0.0838. The highest BCUT2D eigenvalue weighted by atomic mass is 16.5. The molecule has 0 aromatic heterocycles. The molecule has 0 radical (unpaired) electrons. The Bertz CT molecular complexity index is 785. The van der Waals surface area contributed by atoms with Crippen LogP contribution in [0.15, 0.2) is 48.5 Å². The van der Waals surface area contributed by atoms with Crippen LogP contribution in [-0.4, -0.2) is 31.1 Å². The number of hydrogen-bond acceptors (Lipinski definition) is 4. The molecule has 2 N–H and O–H groups in total. The summed E-state index contributed by atoms with van der Waals surface area (Å²) < 4.78 is 11.4. The average Bonchev–Trinajstić information content (AvgIpc) is 3.13. The maximum absolute atomic E-state index is 12.7. The summed E-state index contributed by atoms with van der Waals surface area (Å²) in [6, 6.07) is 14.1. The van der Waals surface area contributed by atoms with E-state index < -0.39 is 0 Å². The zero-order valence-electron chi connectivity index (χ0n) is 14.7. The van der Waals surface area contributed by atoms with Crippen LogP contribution in [-0.2, 0) is 9.53 Å². The Balaban J connectivity index is 1.68. The number of carbonyl (C=O) groups is 2. The van der Waals surface area contributed by atoms with Crippen LogP contribution in [0.1, 0.15) is 30.1 Å². The second kappa shape index (κ2) is 8.49. The Kier molecular flexibility index (Phi) is 5.86. The lowest BCUT2D eigenvalue weighted by Crippen LogP contribution is -2.19. The van der Waals surface area contributed by atoms with Crippen LogP contribution in [0.3, 0.4) is 0 Å². The first-order valence-corrected chi connectivity index (χ1v) is 8.64. The lowest BCUT2D eigenvalue weighted by Gasteiger charge is -2.15. The van der Waals surface area contributed by atoms with Gasteiger partial charge in [0.2, 0.25) is 5.91 Å². The SMILES string of the molecule is CC(=O)Nc1cccc(NC(=O)c2ccccc2OCC2CCCO2)c1. The fourth-order valence-electron chi connectivity index (χ4n) is 2.81. The van der Waals surface area contributed by atoms with E-state index in [2.05, 4.69) is 10.6 Å². The summed E-state index contributed by atoms with van der Waals surface area (Å²) in [6.45, 7) is 2.63. The average molecular weight is 354 g/mol. The van der Waals surface area contributed by atoms with Gasteiger partial charge >= 0.3 is 0 Å². The first kappa shape index (κ1) is 17.9. The van der Waals surface area contributed by atoms with Crippen molar-refractivity contribution in [3.8, 4) is 5.75 Å². The summed E-state index contributed by atoms with van der Waals surface area (Å²) in [5.41, 5.74) is 1.67. The van der Waals surface area contributed by atoms with E-state index in [0.717, 1.165) is 19.4 Å². The first-order valence-electron chi connectivity index (χ1n) is 8.64. The lowest BCUT2D eigenvalue weighted by atomic mass is 10.1. The third-order valence-corrected chi connectivity index (χ3v) is 4.02. The number of ether oxygens (including phenoxy) is 2. The van der Waals surface area contributed by atoms with Gasteiger partial charge in [0.05, 0.1) is 11.7 Å².